The summed E-state index contributed by atoms with van der Waals surface area (Å²) >= 11 is 0. The molecule has 10 heteroatoms. The minimum absolute atomic E-state index is 0.0404. The molecule has 2 aliphatic rings. The Morgan fingerprint density at radius 3 is 2.49 bits per heavy atom. The van der Waals surface area contributed by atoms with Gasteiger partial charge in [0.15, 0.2) is 11.6 Å². The van der Waals surface area contributed by atoms with E-state index in [0.717, 1.165) is 17.2 Å². The van der Waals surface area contributed by atoms with Gasteiger partial charge in [0.25, 0.3) is 0 Å². The quantitative estimate of drug-likeness (QED) is 0.304. The maximum Gasteiger partial charge on any atom is 0.349 e. The number of esters is 2. The molecule has 0 spiro atoms. The summed E-state index contributed by atoms with van der Waals surface area (Å²) in [6.45, 7) is 9.34. The molecule has 2 heterocycles. The number of carbonyl (C=O) groups is 2. The number of ether oxygens (including phenoxy) is 3. The lowest BCUT2D eigenvalue weighted by Gasteiger charge is -2.28. The fraction of sp³-hybridized carbons (Fsp3) is 0.387. The molecule has 216 valence electrons. The molecule has 1 aliphatic carbocycles. The van der Waals surface area contributed by atoms with Crippen molar-refractivity contribution in [3.8, 4) is 5.75 Å². The first-order valence-electron chi connectivity index (χ1n) is 13.5. The molecule has 41 heavy (non-hydrogen) atoms. The zero-order chi connectivity index (χ0) is 29.5. The Kier molecular flexibility index (Phi) is 7.70. The third-order valence-corrected chi connectivity index (χ3v) is 6.91. The van der Waals surface area contributed by atoms with Crippen LogP contribution in [-0.4, -0.2) is 40.8 Å². The van der Waals surface area contributed by atoms with Gasteiger partial charge in [0.1, 0.15) is 17.8 Å². The number of benzene rings is 2. The fourth-order valence-corrected chi connectivity index (χ4v) is 4.85. The molecule has 2 atom stereocenters. The molecule has 2 fully saturated rings. The summed E-state index contributed by atoms with van der Waals surface area (Å²) in [6, 6.07) is 8.90. The average Bonchev–Trinajstić information content (AvgIpc) is 3.67. The Morgan fingerprint density at radius 2 is 1.88 bits per heavy atom. The highest BCUT2D eigenvalue weighted by Crippen LogP contribution is 2.41. The number of pyridine rings is 1. The molecule has 0 radical (unpaired) electrons. The largest absolute Gasteiger partial charge is 0.472 e. The molecule has 5 rings (SSSR count). The van der Waals surface area contributed by atoms with E-state index in [9.17, 15) is 14.4 Å². The zero-order valence-corrected chi connectivity index (χ0v) is 23.2. The van der Waals surface area contributed by atoms with Gasteiger partial charge < -0.3 is 24.1 Å². The highest BCUT2D eigenvalue weighted by atomic mass is 19.2. The minimum atomic E-state index is -1.37. The van der Waals surface area contributed by atoms with Gasteiger partial charge in [-0.05, 0) is 51.7 Å². The van der Waals surface area contributed by atoms with E-state index >= 15 is 8.78 Å². The van der Waals surface area contributed by atoms with Crippen LogP contribution in [-0.2, 0) is 20.9 Å². The van der Waals surface area contributed by atoms with Crippen molar-refractivity contribution in [1.29, 1.82) is 0 Å². The fourth-order valence-electron chi connectivity index (χ4n) is 4.85. The van der Waals surface area contributed by atoms with Gasteiger partial charge in [0.2, 0.25) is 17.3 Å². The first-order chi connectivity index (χ1) is 19.4. The first kappa shape index (κ1) is 28.5. The van der Waals surface area contributed by atoms with E-state index in [1.54, 1.807) is 49.6 Å². The normalized spacial score (nSPS) is 17.9. The summed E-state index contributed by atoms with van der Waals surface area (Å²) in [5, 5.41) is 2.86. The highest BCUT2D eigenvalue weighted by molar-refractivity contribution is 5.95. The van der Waals surface area contributed by atoms with E-state index in [4.69, 9.17) is 14.2 Å². The van der Waals surface area contributed by atoms with Crippen LogP contribution in [0.3, 0.4) is 0 Å². The Morgan fingerprint density at radius 1 is 1.17 bits per heavy atom. The second-order valence-electron chi connectivity index (χ2n) is 11.5. The second kappa shape index (κ2) is 11.1. The SMILES string of the molecule is C=C1CN[C@H](C(Oc2c(F)c(F)cc3c(=O)c(C(=O)OCc4ccccc4)cn(C4CC4)c23)C(=O)OC(C)(C)C)C1. The van der Waals surface area contributed by atoms with Gasteiger partial charge in [-0.3, -0.25) is 4.79 Å². The van der Waals surface area contributed by atoms with Crippen molar-refractivity contribution in [3.05, 3.63) is 87.7 Å². The summed E-state index contributed by atoms with van der Waals surface area (Å²) in [6.07, 6.45) is 1.66. The van der Waals surface area contributed by atoms with Crippen LogP contribution in [0.1, 0.15) is 62.0 Å². The summed E-state index contributed by atoms with van der Waals surface area (Å²) < 4.78 is 49.0. The van der Waals surface area contributed by atoms with Crippen LogP contribution >= 0.6 is 0 Å². The highest BCUT2D eigenvalue weighted by Gasteiger charge is 2.39. The Bertz CT molecular complexity index is 1570. The molecular weight excluding hydrogens is 534 g/mol. The van der Waals surface area contributed by atoms with Gasteiger partial charge in [-0.2, -0.15) is 4.39 Å². The zero-order valence-electron chi connectivity index (χ0n) is 23.2. The van der Waals surface area contributed by atoms with E-state index in [2.05, 4.69) is 11.9 Å². The van der Waals surface area contributed by atoms with Gasteiger partial charge in [-0.25, -0.2) is 14.0 Å². The molecule has 1 aromatic heterocycles. The molecule has 1 N–H and O–H groups in total. The summed E-state index contributed by atoms with van der Waals surface area (Å²) in [5.74, 6) is -4.96. The van der Waals surface area contributed by atoms with Crippen molar-refractivity contribution in [3.63, 3.8) is 0 Å². The van der Waals surface area contributed by atoms with Crippen molar-refractivity contribution >= 4 is 22.8 Å². The lowest BCUT2D eigenvalue weighted by Crippen LogP contribution is -2.47. The maximum absolute atomic E-state index is 15.5. The number of hydrogen-bond acceptors (Lipinski definition) is 7. The lowest BCUT2D eigenvalue weighted by atomic mass is 10.1. The van der Waals surface area contributed by atoms with Crippen LogP contribution in [0.4, 0.5) is 8.78 Å². The van der Waals surface area contributed by atoms with Gasteiger partial charge >= 0.3 is 11.9 Å². The smallest absolute Gasteiger partial charge is 0.349 e. The number of hydrogen-bond donors (Lipinski definition) is 1. The monoisotopic (exact) mass is 566 g/mol. The maximum atomic E-state index is 15.5. The van der Waals surface area contributed by atoms with Crippen molar-refractivity contribution in [1.82, 2.24) is 9.88 Å². The van der Waals surface area contributed by atoms with Gasteiger partial charge in [-0.1, -0.05) is 42.5 Å². The Balaban J connectivity index is 1.59. The van der Waals surface area contributed by atoms with Gasteiger partial charge in [-0.15, -0.1) is 0 Å². The van der Waals surface area contributed by atoms with E-state index in [1.807, 2.05) is 6.07 Å². The van der Waals surface area contributed by atoms with Crippen LogP contribution in [0.25, 0.3) is 10.9 Å². The van der Waals surface area contributed by atoms with Crippen molar-refractivity contribution in [2.24, 2.45) is 0 Å². The molecule has 0 bridgehead atoms. The predicted octanol–water partition coefficient (Wildman–Crippen LogP) is 4.98. The summed E-state index contributed by atoms with van der Waals surface area (Å²) in [5.41, 5.74) is -0.521. The van der Waals surface area contributed by atoms with E-state index in [0.29, 0.717) is 25.8 Å². The number of aromatic nitrogens is 1. The summed E-state index contributed by atoms with van der Waals surface area (Å²) in [7, 11) is 0. The Labute approximate surface area is 235 Å². The average molecular weight is 567 g/mol. The third-order valence-electron chi connectivity index (χ3n) is 6.91. The number of halogens is 2. The number of nitrogens with zero attached hydrogens (tertiary/aromatic N) is 1. The molecule has 2 aromatic carbocycles. The van der Waals surface area contributed by atoms with Crippen LogP contribution in [0, 0.1) is 11.6 Å². The van der Waals surface area contributed by atoms with E-state index in [-0.39, 0.29) is 29.1 Å². The third kappa shape index (κ3) is 6.17. The summed E-state index contributed by atoms with van der Waals surface area (Å²) in [4.78, 5) is 39.8. The van der Waals surface area contributed by atoms with Crippen molar-refractivity contribution in [2.75, 3.05) is 6.54 Å². The minimum Gasteiger partial charge on any atom is -0.472 e. The predicted molar refractivity (Wildman–Crippen MR) is 148 cm³/mol. The number of carbonyl (C=O) groups excluding carboxylic acids is 2. The lowest BCUT2D eigenvalue weighted by molar-refractivity contribution is -0.164. The molecule has 3 aromatic rings. The molecule has 1 saturated heterocycles. The van der Waals surface area contributed by atoms with Crippen LogP contribution in [0.15, 0.2) is 59.5 Å². The number of nitrogens with one attached hydrogen (secondary N) is 1. The molecule has 0 amide bonds. The van der Waals surface area contributed by atoms with E-state index < -0.39 is 52.5 Å². The van der Waals surface area contributed by atoms with E-state index in [1.165, 1.54) is 6.20 Å². The van der Waals surface area contributed by atoms with Crippen molar-refractivity contribution < 1.29 is 32.6 Å². The standard InChI is InChI=1S/C31H32F2N2O6/c1-17-12-23(34-14-17)27(30(38)41-31(2,3)4)40-28-24(33)22(32)13-20-25(28)35(19-10-11-19)15-21(26(20)36)29(37)39-16-18-8-6-5-7-9-18/h5-9,13,15,19,23,27,34H,1,10-12,14,16H2,2-4H3/t23-,27?/m0/s1. The van der Waals surface area contributed by atoms with Gasteiger partial charge in [0, 0.05) is 18.8 Å². The number of fused-ring (bicyclic) bond motifs is 1. The topological polar surface area (TPSA) is 95.9 Å². The molecule has 1 saturated carbocycles. The molecule has 8 nitrogen and oxygen atoms in total. The molecule has 1 aliphatic heterocycles. The van der Waals surface area contributed by atoms with Crippen LogP contribution < -0.4 is 15.5 Å². The number of rotatable bonds is 8. The first-order valence-corrected chi connectivity index (χ1v) is 13.5. The van der Waals surface area contributed by atoms with Crippen LogP contribution in [0.5, 0.6) is 5.75 Å². The molecular formula is C31H32F2N2O6. The molecule has 1 unspecified atom stereocenters. The second-order valence-corrected chi connectivity index (χ2v) is 11.5. The van der Waals surface area contributed by atoms with Crippen molar-refractivity contribution in [2.45, 2.75) is 70.4 Å². The Hall–Kier alpha value is -4.05. The van der Waals surface area contributed by atoms with Crippen LogP contribution in [0.2, 0.25) is 0 Å². The van der Waals surface area contributed by atoms with Gasteiger partial charge in [0.05, 0.1) is 16.9 Å².